The molecule has 0 bridgehead atoms. The molecule has 0 aliphatic rings. The number of thiophene rings is 1. The normalized spacial score (nSPS) is 11.3. The Bertz CT molecular complexity index is 768. The van der Waals surface area contributed by atoms with Gasteiger partial charge in [0.25, 0.3) is 0 Å². The van der Waals surface area contributed by atoms with Gasteiger partial charge in [0.05, 0.1) is 21.8 Å². The van der Waals surface area contributed by atoms with E-state index in [0.29, 0.717) is 14.2 Å². The highest BCUT2D eigenvalue weighted by molar-refractivity contribution is 9.10. The highest BCUT2D eigenvalue weighted by Gasteiger charge is 2.24. The molecule has 0 fully saturated rings. The molecule has 0 radical (unpaired) electrons. The highest BCUT2D eigenvalue weighted by atomic mass is 79.9. The van der Waals surface area contributed by atoms with Crippen LogP contribution in [0.4, 0.5) is 0 Å². The number of hydrogen-bond acceptors (Lipinski definition) is 6. The lowest BCUT2D eigenvalue weighted by molar-refractivity contribution is 0.417. The summed E-state index contributed by atoms with van der Waals surface area (Å²) in [4.78, 5) is 5.56. The Morgan fingerprint density at radius 1 is 1.40 bits per heavy atom. The van der Waals surface area contributed by atoms with E-state index in [-0.39, 0.29) is 14.8 Å². The first-order valence-electron chi connectivity index (χ1n) is 5.40. The van der Waals surface area contributed by atoms with E-state index in [1.807, 2.05) is 0 Å². The summed E-state index contributed by atoms with van der Waals surface area (Å²) < 4.78 is 30.8. The number of rotatable bonds is 3. The zero-order valence-electron chi connectivity index (χ0n) is 10.6. The van der Waals surface area contributed by atoms with Gasteiger partial charge in [0.1, 0.15) is 0 Å². The van der Waals surface area contributed by atoms with Crippen LogP contribution in [-0.2, 0) is 14.6 Å². The number of sulfone groups is 1. The number of hydrogen-bond donors (Lipinski definition) is 0. The van der Waals surface area contributed by atoms with E-state index in [1.54, 1.807) is 13.0 Å². The number of aryl methyl sites for hydroxylation is 1. The third kappa shape index (κ3) is 2.93. The summed E-state index contributed by atoms with van der Waals surface area (Å²) in [5.74, 6) is 0. The fraction of sp³-hybridized carbons (Fsp3) is 0.167. The molecule has 106 valence electrons. The Hall–Kier alpha value is -0.830. The van der Waals surface area contributed by atoms with E-state index >= 15 is 0 Å². The van der Waals surface area contributed by atoms with Gasteiger partial charge in [-0.05, 0) is 47.2 Å². The number of halogens is 1. The van der Waals surface area contributed by atoms with Crippen LogP contribution in [0.3, 0.4) is 0 Å². The topological polar surface area (TPSA) is 56.3 Å². The summed E-state index contributed by atoms with van der Waals surface area (Å²) in [6.45, 7) is 1.74. The summed E-state index contributed by atoms with van der Waals surface area (Å²) in [6, 6.07) is 3.07. The molecule has 4 nitrogen and oxygen atoms in total. The van der Waals surface area contributed by atoms with E-state index in [1.165, 1.54) is 36.9 Å². The van der Waals surface area contributed by atoms with Crippen molar-refractivity contribution in [1.29, 1.82) is 0 Å². The van der Waals surface area contributed by atoms with Crippen molar-refractivity contribution < 1.29 is 13.2 Å². The number of thiocarbonyl (C=S) groups is 1. The number of aromatic nitrogens is 1. The van der Waals surface area contributed by atoms with Gasteiger partial charge >= 0.3 is 0 Å². The Morgan fingerprint density at radius 3 is 2.70 bits per heavy atom. The maximum Gasteiger partial charge on any atom is 0.209 e. The second-order valence-corrected chi connectivity index (χ2v) is 8.33. The smallest absolute Gasteiger partial charge is 0.209 e. The molecule has 2 heterocycles. The van der Waals surface area contributed by atoms with Crippen molar-refractivity contribution in [2.24, 2.45) is 0 Å². The minimum Gasteiger partial charge on any atom is -0.486 e. The van der Waals surface area contributed by atoms with Gasteiger partial charge < -0.3 is 4.74 Å². The fourth-order valence-electron chi connectivity index (χ4n) is 1.60. The van der Waals surface area contributed by atoms with E-state index in [9.17, 15) is 8.42 Å². The van der Waals surface area contributed by atoms with Gasteiger partial charge in [-0.3, -0.25) is 4.98 Å². The minimum atomic E-state index is -3.61. The van der Waals surface area contributed by atoms with Gasteiger partial charge in [-0.1, -0.05) is 0 Å². The second-order valence-electron chi connectivity index (χ2n) is 3.86. The van der Waals surface area contributed by atoms with Gasteiger partial charge in [-0.25, -0.2) is 8.42 Å². The summed E-state index contributed by atoms with van der Waals surface area (Å²) in [7, 11) is -2.15. The van der Waals surface area contributed by atoms with Crippen LogP contribution in [0, 0.1) is 6.92 Å². The zero-order chi connectivity index (χ0) is 14.9. The van der Waals surface area contributed by atoms with Crippen LogP contribution in [0.5, 0.6) is 0 Å². The number of methoxy groups -OCH3 is 1. The molecule has 8 heteroatoms. The largest absolute Gasteiger partial charge is 0.486 e. The predicted molar refractivity (Wildman–Crippen MR) is 85.2 cm³/mol. The number of ether oxygens (including phenoxy) is 1. The lowest BCUT2D eigenvalue weighted by Gasteiger charge is -2.03. The molecule has 0 saturated heterocycles. The quantitative estimate of drug-likeness (QED) is 0.750. The molecule has 0 saturated carbocycles. The van der Waals surface area contributed by atoms with Crippen LogP contribution in [0.2, 0.25) is 0 Å². The van der Waals surface area contributed by atoms with Crippen LogP contribution in [0.15, 0.2) is 38.8 Å². The third-order valence-corrected chi connectivity index (χ3v) is 6.51. The maximum absolute atomic E-state index is 12.6. The molecule has 2 aromatic heterocycles. The molecule has 0 spiro atoms. The fourth-order valence-corrected chi connectivity index (χ4v) is 5.05. The average molecular weight is 392 g/mol. The molecule has 2 rings (SSSR count). The molecule has 0 amide bonds. The Kier molecular flexibility index (Phi) is 4.58. The van der Waals surface area contributed by atoms with Crippen LogP contribution in [-0.4, -0.2) is 25.6 Å². The van der Waals surface area contributed by atoms with Crippen molar-refractivity contribution >= 4 is 54.4 Å². The first-order chi connectivity index (χ1) is 9.36. The van der Waals surface area contributed by atoms with Crippen molar-refractivity contribution in [3.05, 3.63) is 38.8 Å². The molecule has 2 aromatic rings. The van der Waals surface area contributed by atoms with Gasteiger partial charge in [0, 0.05) is 21.7 Å². The van der Waals surface area contributed by atoms with Crippen molar-refractivity contribution in [2.45, 2.75) is 16.7 Å². The Balaban J connectivity index is 2.55. The van der Waals surface area contributed by atoms with Crippen LogP contribution in [0.25, 0.3) is 0 Å². The summed E-state index contributed by atoms with van der Waals surface area (Å²) in [6.07, 6.45) is 2.86. The first kappa shape index (κ1) is 15.6. The Morgan fingerprint density at radius 2 is 2.10 bits per heavy atom. The van der Waals surface area contributed by atoms with Crippen LogP contribution < -0.4 is 0 Å². The standard InChI is InChI=1S/C12H10BrNO3S3/c1-7-11(4-10(19-7)12(18)17-2)20(15,16)9-3-8(13)5-14-6-9/h3-6H,1-2H3. The van der Waals surface area contributed by atoms with Gasteiger partial charge in [-0.2, -0.15) is 0 Å². The molecular formula is C12H10BrNO3S3. The second kappa shape index (κ2) is 5.88. The number of pyridine rings is 1. The van der Waals surface area contributed by atoms with Crippen molar-refractivity contribution in [3.63, 3.8) is 0 Å². The lowest BCUT2D eigenvalue weighted by Crippen LogP contribution is -2.03. The van der Waals surface area contributed by atoms with E-state index in [0.717, 1.165) is 0 Å². The number of nitrogens with zero attached hydrogens (tertiary/aromatic N) is 1. The lowest BCUT2D eigenvalue weighted by atomic mass is 10.4. The third-order valence-electron chi connectivity index (χ3n) is 2.54. The van der Waals surface area contributed by atoms with Gasteiger partial charge in [-0.15, -0.1) is 11.3 Å². The summed E-state index contributed by atoms with van der Waals surface area (Å²) in [5, 5.41) is 0.284. The summed E-state index contributed by atoms with van der Waals surface area (Å²) in [5.41, 5.74) is 0. The SMILES string of the molecule is COC(=S)c1cc(S(=O)(=O)c2cncc(Br)c2)c(C)s1. The van der Waals surface area contributed by atoms with Crippen LogP contribution >= 0.6 is 39.5 Å². The van der Waals surface area contributed by atoms with E-state index in [4.69, 9.17) is 17.0 Å². The zero-order valence-corrected chi connectivity index (χ0v) is 14.6. The monoisotopic (exact) mass is 391 g/mol. The maximum atomic E-state index is 12.6. The van der Waals surface area contributed by atoms with Crippen LogP contribution in [0.1, 0.15) is 9.75 Å². The molecular weight excluding hydrogens is 382 g/mol. The van der Waals surface area contributed by atoms with Gasteiger partial charge in [0.15, 0.2) is 0 Å². The van der Waals surface area contributed by atoms with E-state index in [2.05, 4.69) is 20.9 Å². The average Bonchev–Trinajstić information content (AvgIpc) is 2.80. The van der Waals surface area contributed by atoms with Crippen molar-refractivity contribution in [1.82, 2.24) is 4.98 Å². The van der Waals surface area contributed by atoms with Crippen molar-refractivity contribution in [3.8, 4) is 0 Å². The Labute approximate surface area is 134 Å². The molecule has 0 aliphatic carbocycles. The molecule has 0 unspecified atom stereocenters. The van der Waals surface area contributed by atoms with Gasteiger partial charge in [0.2, 0.25) is 14.9 Å². The molecule has 0 N–H and O–H groups in total. The predicted octanol–water partition coefficient (Wildman–Crippen LogP) is 3.37. The van der Waals surface area contributed by atoms with Crippen molar-refractivity contribution in [2.75, 3.05) is 7.11 Å². The highest BCUT2D eigenvalue weighted by Crippen LogP contribution is 2.31. The molecule has 0 aromatic carbocycles. The minimum absolute atomic E-state index is 0.141. The molecule has 0 aliphatic heterocycles. The van der Waals surface area contributed by atoms with E-state index < -0.39 is 9.84 Å². The molecule has 20 heavy (non-hydrogen) atoms. The summed E-state index contributed by atoms with van der Waals surface area (Å²) >= 11 is 9.54. The first-order valence-corrected chi connectivity index (χ1v) is 8.90. The molecule has 0 atom stereocenters.